The SMILES string of the molecule is CNc1cc(NCCCN(C)c2ccccc2)ncn1. The lowest BCUT2D eigenvalue weighted by Crippen LogP contribution is -2.20. The van der Waals surface area contributed by atoms with E-state index in [-0.39, 0.29) is 0 Å². The summed E-state index contributed by atoms with van der Waals surface area (Å²) in [5, 5.41) is 6.31. The summed E-state index contributed by atoms with van der Waals surface area (Å²) in [5.74, 6) is 1.68. The van der Waals surface area contributed by atoms with Crippen molar-refractivity contribution >= 4 is 17.3 Å². The Bertz CT molecular complexity index is 515. The Morgan fingerprint density at radius 3 is 2.60 bits per heavy atom. The second-order valence-electron chi connectivity index (χ2n) is 4.58. The van der Waals surface area contributed by atoms with Crippen molar-refractivity contribution in [3.8, 4) is 0 Å². The lowest BCUT2D eigenvalue weighted by molar-refractivity contribution is 0.814. The summed E-state index contributed by atoms with van der Waals surface area (Å²) in [6.07, 6.45) is 2.61. The average molecular weight is 271 g/mol. The predicted molar refractivity (Wildman–Crippen MR) is 84.4 cm³/mol. The van der Waals surface area contributed by atoms with Crippen molar-refractivity contribution in [3.63, 3.8) is 0 Å². The Morgan fingerprint density at radius 1 is 1.10 bits per heavy atom. The quantitative estimate of drug-likeness (QED) is 0.758. The second-order valence-corrected chi connectivity index (χ2v) is 4.58. The zero-order chi connectivity index (χ0) is 14.2. The summed E-state index contributed by atoms with van der Waals surface area (Å²) in [6, 6.07) is 12.3. The number of hydrogen-bond donors (Lipinski definition) is 2. The first-order chi connectivity index (χ1) is 9.79. The molecule has 0 bridgehead atoms. The molecule has 2 rings (SSSR count). The van der Waals surface area contributed by atoms with Crippen molar-refractivity contribution in [3.05, 3.63) is 42.7 Å². The number of nitrogens with zero attached hydrogens (tertiary/aromatic N) is 3. The number of rotatable bonds is 7. The molecule has 0 saturated heterocycles. The number of benzene rings is 1. The highest BCUT2D eigenvalue weighted by molar-refractivity contribution is 5.46. The molecule has 0 aliphatic carbocycles. The third kappa shape index (κ3) is 4.12. The summed E-state index contributed by atoms with van der Waals surface area (Å²) in [6.45, 7) is 1.89. The molecule has 1 aromatic heterocycles. The van der Waals surface area contributed by atoms with E-state index in [2.05, 4.69) is 56.8 Å². The van der Waals surface area contributed by atoms with Gasteiger partial charge >= 0.3 is 0 Å². The Hall–Kier alpha value is -2.30. The molecule has 20 heavy (non-hydrogen) atoms. The molecule has 0 aliphatic heterocycles. The largest absolute Gasteiger partial charge is 0.375 e. The maximum absolute atomic E-state index is 4.19. The van der Waals surface area contributed by atoms with Crippen LogP contribution in [-0.4, -0.2) is 37.2 Å². The zero-order valence-corrected chi connectivity index (χ0v) is 12.0. The van der Waals surface area contributed by atoms with E-state index in [9.17, 15) is 0 Å². The van der Waals surface area contributed by atoms with Crippen molar-refractivity contribution in [2.24, 2.45) is 0 Å². The van der Waals surface area contributed by atoms with Gasteiger partial charge < -0.3 is 15.5 Å². The number of hydrogen-bond acceptors (Lipinski definition) is 5. The molecule has 2 N–H and O–H groups in total. The minimum Gasteiger partial charge on any atom is -0.375 e. The summed E-state index contributed by atoms with van der Waals surface area (Å²) >= 11 is 0. The monoisotopic (exact) mass is 271 g/mol. The topological polar surface area (TPSA) is 53.1 Å². The van der Waals surface area contributed by atoms with Crippen LogP contribution in [0.25, 0.3) is 0 Å². The van der Waals surface area contributed by atoms with Crippen LogP contribution in [0.3, 0.4) is 0 Å². The predicted octanol–water partition coefficient (Wildman–Crippen LogP) is 2.46. The summed E-state index contributed by atoms with van der Waals surface area (Å²) in [5.41, 5.74) is 1.24. The van der Waals surface area contributed by atoms with E-state index >= 15 is 0 Å². The smallest absolute Gasteiger partial charge is 0.131 e. The highest BCUT2D eigenvalue weighted by Gasteiger charge is 2.00. The van der Waals surface area contributed by atoms with Crippen molar-refractivity contribution < 1.29 is 0 Å². The van der Waals surface area contributed by atoms with E-state index in [1.165, 1.54) is 5.69 Å². The molecule has 0 fully saturated rings. The highest BCUT2D eigenvalue weighted by atomic mass is 15.1. The molecule has 0 saturated carbocycles. The molecule has 106 valence electrons. The van der Waals surface area contributed by atoms with Gasteiger partial charge in [0.15, 0.2) is 0 Å². The fraction of sp³-hybridized carbons (Fsp3) is 0.333. The van der Waals surface area contributed by atoms with Gasteiger partial charge in [-0.3, -0.25) is 0 Å². The van der Waals surface area contributed by atoms with Crippen LogP contribution in [-0.2, 0) is 0 Å². The van der Waals surface area contributed by atoms with Crippen molar-refractivity contribution in [2.45, 2.75) is 6.42 Å². The summed E-state index contributed by atoms with van der Waals surface area (Å²) in [7, 11) is 3.96. The molecule has 2 aromatic rings. The Morgan fingerprint density at radius 2 is 1.85 bits per heavy atom. The van der Waals surface area contributed by atoms with Crippen LogP contribution in [0, 0.1) is 0 Å². The molecule has 0 atom stereocenters. The molecule has 0 spiro atoms. The number of nitrogens with one attached hydrogen (secondary N) is 2. The minimum atomic E-state index is 0.823. The van der Waals surface area contributed by atoms with Crippen LogP contribution in [0.4, 0.5) is 17.3 Å². The highest BCUT2D eigenvalue weighted by Crippen LogP contribution is 2.11. The Kier molecular flexibility index (Phi) is 5.17. The summed E-state index contributed by atoms with van der Waals surface area (Å²) < 4.78 is 0. The number of anilines is 3. The van der Waals surface area contributed by atoms with Crippen LogP contribution in [0.2, 0.25) is 0 Å². The van der Waals surface area contributed by atoms with Crippen molar-refractivity contribution in [2.75, 3.05) is 42.7 Å². The molecular weight excluding hydrogens is 250 g/mol. The third-order valence-electron chi connectivity index (χ3n) is 3.10. The van der Waals surface area contributed by atoms with Gasteiger partial charge in [0.1, 0.15) is 18.0 Å². The third-order valence-corrected chi connectivity index (χ3v) is 3.10. The molecule has 5 heteroatoms. The molecule has 1 aromatic carbocycles. The maximum atomic E-state index is 4.19. The average Bonchev–Trinajstić information content (AvgIpc) is 2.52. The van der Waals surface area contributed by atoms with Crippen molar-refractivity contribution in [1.29, 1.82) is 0 Å². The first kappa shape index (κ1) is 14.1. The standard InChI is InChI=1S/C15H21N5/c1-16-14-11-15(19-12-18-14)17-9-6-10-20(2)13-7-4-3-5-8-13/h3-5,7-8,11-12H,6,9-10H2,1-2H3,(H2,16,17,18,19). The molecule has 5 nitrogen and oxygen atoms in total. The molecule has 1 heterocycles. The van der Waals surface area contributed by atoms with Crippen LogP contribution in [0.5, 0.6) is 0 Å². The van der Waals surface area contributed by atoms with Crippen LogP contribution in [0.1, 0.15) is 6.42 Å². The lowest BCUT2D eigenvalue weighted by atomic mass is 10.3. The van der Waals surface area contributed by atoms with Gasteiger partial charge in [0.05, 0.1) is 0 Å². The first-order valence-electron chi connectivity index (χ1n) is 6.79. The van der Waals surface area contributed by atoms with E-state index < -0.39 is 0 Å². The number of para-hydroxylation sites is 1. The normalized spacial score (nSPS) is 10.1. The van der Waals surface area contributed by atoms with Gasteiger partial charge in [0.2, 0.25) is 0 Å². The van der Waals surface area contributed by atoms with Gasteiger partial charge in [0.25, 0.3) is 0 Å². The van der Waals surface area contributed by atoms with Gasteiger partial charge in [0, 0.05) is 38.9 Å². The van der Waals surface area contributed by atoms with Gasteiger partial charge in [-0.05, 0) is 18.6 Å². The minimum absolute atomic E-state index is 0.823. The van der Waals surface area contributed by atoms with E-state index in [1.54, 1.807) is 6.33 Å². The maximum Gasteiger partial charge on any atom is 0.131 e. The summed E-state index contributed by atoms with van der Waals surface area (Å²) in [4.78, 5) is 10.5. The first-order valence-corrected chi connectivity index (χ1v) is 6.79. The van der Waals surface area contributed by atoms with Crippen LogP contribution >= 0.6 is 0 Å². The molecular formula is C15H21N5. The van der Waals surface area contributed by atoms with Gasteiger partial charge in [-0.1, -0.05) is 18.2 Å². The fourth-order valence-electron chi connectivity index (χ4n) is 1.93. The Balaban J connectivity index is 1.73. The molecule has 0 aliphatic rings. The van der Waals surface area contributed by atoms with Crippen LogP contribution in [0.15, 0.2) is 42.7 Å². The number of aromatic nitrogens is 2. The van der Waals surface area contributed by atoms with Gasteiger partial charge in [-0.15, -0.1) is 0 Å². The molecule has 0 unspecified atom stereocenters. The van der Waals surface area contributed by atoms with Gasteiger partial charge in [-0.2, -0.15) is 0 Å². The van der Waals surface area contributed by atoms with Crippen LogP contribution < -0.4 is 15.5 Å². The Labute approximate surface area is 120 Å². The second kappa shape index (κ2) is 7.33. The van der Waals surface area contributed by atoms with E-state index in [0.29, 0.717) is 0 Å². The van der Waals surface area contributed by atoms with Crippen molar-refractivity contribution in [1.82, 2.24) is 9.97 Å². The molecule has 0 radical (unpaired) electrons. The van der Waals surface area contributed by atoms with E-state index in [0.717, 1.165) is 31.1 Å². The van der Waals surface area contributed by atoms with Gasteiger partial charge in [-0.25, -0.2) is 9.97 Å². The lowest BCUT2D eigenvalue weighted by Gasteiger charge is -2.19. The van der Waals surface area contributed by atoms with E-state index in [1.807, 2.05) is 19.2 Å². The van der Waals surface area contributed by atoms with E-state index in [4.69, 9.17) is 0 Å². The zero-order valence-electron chi connectivity index (χ0n) is 12.0. The fourth-order valence-corrected chi connectivity index (χ4v) is 1.93. The molecule has 0 amide bonds.